The lowest BCUT2D eigenvalue weighted by molar-refractivity contribution is -0.313. The largest absolute Gasteiger partial charge is 0.550 e. The topological polar surface area (TPSA) is 95.5 Å². The van der Waals surface area contributed by atoms with Gasteiger partial charge in [-0.15, -0.1) is 11.3 Å². The van der Waals surface area contributed by atoms with Crippen molar-refractivity contribution in [1.82, 2.24) is 0 Å². The Hall–Kier alpha value is -2.15. The van der Waals surface area contributed by atoms with Gasteiger partial charge in [0.1, 0.15) is 5.00 Å². The van der Waals surface area contributed by atoms with E-state index in [1.165, 1.54) is 11.3 Å². The second-order valence-corrected chi connectivity index (χ2v) is 10.3. The van der Waals surface area contributed by atoms with Crippen LogP contribution in [0.15, 0.2) is 12.2 Å². The summed E-state index contributed by atoms with van der Waals surface area (Å²) in [5.41, 5.74) is 1.56. The molecule has 1 N–H and O–H groups in total. The van der Waals surface area contributed by atoms with Gasteiger partial charge in [0, 0.05) is 16.8 Å². The molecule has 2 aliphatic carbocycles. The van der Waals surface area contributed by atoms with Crippen LogP contribution < -0.4 is 10.4 Å². The van der Waals surface area contributed by atoms with Crippen molar-refractivity contribution in [2.24, 2.45) is 23.2 Å². The maximum absolute atomic E-state index is 13.0. The quantitative estimate of drug-likeness (QED) is 0.569. The van der Waals surface area contributed by atoms with Crippen molar-refractivity contribution in [2.75, 3.05) is 11.9 Å². The second-order valence-electron chi connectivity index (χ2n) is 9.20. The zero-order chi connectivity index (χ0) is 22.1. The van der Waals surface area contributed by atoms with Crippen LogP contribution >= 0.6 is 11.3 Å². The Morgan fingerprint density at radius 3 is 2.47 bits per heavy atom. The molecule has 0 radical (unpaired) electrons. The molecule has 2 aliphatic rings. The van der Waals surface area contributed by atoms with Crippen molar-refractivity contribution in [2.45, 2.75) is 59.8 Å². The number of rotatable bonds is 5. The van der Waals surface area contributed by atoms with E-state index >= 15 is 0 Å². The third kappa shape index (κ3) is 4.61. The number of hydrogen-bond donors (Lipinski definition) is 1. The zero-order valence-corrected chi connectivity index (χ0v) is 18.9. The van der Waals surface area contributed by atoms with Gasteiger partial charge in [-0.3, -0.25) is 4.79 Å². The third-order valence-electron chi connectivity index (χ3n) is 6.28. The molecule has 30 heavy (non-hydrogen) atoms. The van der Waals surface area contributed by atoms with Gasteiger partial charge in [0.2, 0.25) is 5.91 Å². The Labute approximate surface area is 181 Å². The SMILES string of the molecule is CCOC(=O)c1c(NC(=O)[C@H]2CC=CC[C@@H]2C(=O)[O-])sc2c1CC[C@@H](C(C)(C)C)C2. The van der Waals surface area contributed by atoms with E-state index in [1.54, 1.807) is 13.0 Å². The van der Waals surface area contributed by atoms with Gasteiger partial charge >= 0.3 is 5.97 Å². The first kappa shape index (κ1) is 22.5. The minimum absolute atomic E-state index is 0.158. The molecule has 0 aliphatic heterocycles. The van der Waals surface area contributed by atoms with Gasteiger partial charge in [-0.1, -0.05) is 32.9 Å². The van der Waals surface area contributed by atoms with Crippen LogP contribution in [0.2, 0.25) is 0 Å². The molecule has 0 saturated carbocycles. The fraction of sp³-hybridized carbons (Fsp3) is 0.609. The van der Waals surface area contributed by atoms with Crippen molar-refractivity contribution < 1.29 is 24.2 Å². The lowest BCUT2D eigenvalue weighted by atomic mass is 9.72. The number of carboxylic acids is 1. The van der Waals surface area contributed by atoms with Crippen LogP contribution in [0.25, 0.3) is 0 Å². The fourth-order valence-corrected chi connectivity index (χ4v) is 5.72. The monoisotopic (exact) mass is 432 g/mol. The highest BCUT2D eigenvalue weighted by Gasteiger charge is 2.36. The molecular weight excluding hydrogens is 402 g/mol. The Balaban J connectivity index is 1.91. The van der Waals surface area contributed by atoms with Crippen molar-refractivity contribution in [3.8, 4) is 0 Å². The molecule has 1 heterocycles. The van der Waals surface area contributed by atoms with Gasteiger partial charge in [-0.05, 0) is 55.9 Å². The van der Waals surface area contributed by atoms with Crippen LogP contribution in [0.1, 0.15) is 67.8 Å². The average Bonchev–Trinajstić information content (AvgIpc) is 3.04. The van der Waals surface area contributed by atoms with E-state index in [0.717, 1.165) is 29.7 Å². The Morgan fingerprint density at radius 2 is 1.87 bits per heavy atom. The van der Waals surface area contributed by atoms with E-state index < -0.39 is 23.8 Å². The summed E-state index contributed by atoms with van der Waals surface area (Å²) in [5.74, 6) is -3.11. The lowest BCUT2D eigenvalue weighted by Crippen LogP contribution is -2.41. The summed E-state index contributed by atoms with van der Waals surface area (Å²) in [6.45, 7) is 8.68. The molecule has 6 nitrogen and oxygen atoms in total. The van der Waals surface area contributed by atoms with E-state index in [1.807, 2.05) is 6.08 Å². The number of thiophene rings is 1. The van der Waals surface area contributed by atoms with E-state index in [4.69, 9.17) is 4.74 Å². The van der Waals surface area contributed by atoms with Crippen molar-refractivity contribution >= 4 is 34.2 Å². The molecule has 0 bridgehead atoms. The third-order valence-corrected chi connectivity index (χ3v) is 7.45. The molecule has 1 amide bonds. The molecule has 3 rings (SSSR count). The molecular formula is C23H30NO5S-. The summed E-state index contributed by atoms with van der Waals surface area (Å²) < 4.78 is 5.27. The molecule has 0 aromatic carbocycles. The summed E-state index contributed by atoms with van der Waals surface area (Å²) in [4.78, 5) is 38.3. The first-order chi connectivity index (χ1) is 14.1. The van der Waals surface area contributed by atoms with Gasteiger partial charge in [-0.2, -0.15) is 0 Å². The smallest absolute Gasteiger partial charge is 0.341 e. The number of hydrogen-bond acceptors (Lipinski definition) is 6. The Morgan fingerprint density at radius 1 is 1.20 bits per heavy atom. The number of anilines is 1. The van der Waals surface area contributed by atoms with Crippen LogP contribution in [0.4, 0.5) is 5.00 Å². The highest BCUT2D eigenvalue weighted by molar-refractivity contribution is 7.17. The van der Waals surface area contributed by atoms with Gasteiger partial charge in [-0.25, -0.2) is 4.79 Å². The van der Waals surface area contributed by atoms with Crippen LogP contribution in [0.3, 0.4) is 0 Å². The number of carbonyl (C=O) groups excluding carboxylic acids is 3. The number of ether oxygens (including phenoxy) is 1. The number of fused-ring (bicyclic) bond motifs is 1. The molecule has 1 aromatic rings. The maximum Gasteiger partial charge on any atom is 0.341 e. The standard InChI is InChI=1S/C23H31NO5S/c1-5-29-22(28)18-16-11-10-13(23(2,3)4)12-17(16)30-20(18)24-19(25)14-8-6-7-9-15(14)21(26)27/h6-7,13-15H,5,8-12H2,1-4H3,(H,24,25)(H,26,27)/p-1/t13-,14+,15+/m1/s1. The van der Waals surface area contributed by atoms with Crippen LogP contribution in [0.5, 0.6) is 0 Å². The minimum atomic E-state index is -1.22. The number of aliphatic carboxylic acids is 1. The molecule has 0 unspecified atom stereocenters. The zero-order valence-electron chi connectivity index (χ0n) is 18.1. The second kappa shape index (κ2) is 8.92. The van der Waals surface area contributed by atoms with Gasteiger partial charge < -0.3 is 20.0 Å². The number of carboxylic acid groups (broad SMARTS) is 1. The highest BCUT2D eigenvalue weighted by Crippen LogP contribution is 2.44. The molecule has 0 saturated heterocycles. The predicted octanol–water partition coefficient (Wildman–Crippen LogP) is 3.35. The fourth-order valence-electron chi connectivity index (χ4n) is 4.40. The first-order valence-corrected chi connectivity index (χ1v) is 11.4. The lowest BCUT2D eigenvalue weighted by Gasteiger charge is -2.33. The Bertz CT molecular complexity index is 864. The van der Waals surface area contributed by atoms with E-state index in [-0.39, 0.29) is 24.3 Å². The average molecular weight is 433 g/mol. The Kier molecular flexibility index (Phi) is 6.70. The molecule has 0 fully saturated rings. The number of nitrogens with one attached hydrogen (secondary N) is 1. The molecule has 0 spiro atoms. The summed E-state index contributed by atoms with van der Waals surface area (Å²) in [6.07, 6.45) is 6.82. The summed E-state index contributed by atoms with van der Waals surface area (Å²) in [5, 5.41) is 14.8. The van der Waals surface area contributed by atoms with Gasteiger partial charge in [0.15, 0.2) is 0 Å². The van der Waals surface area contributed by atoms with Crippen molar-refractivity contribution in [3.63, 3.8) is 0 Å². The van der Waals surface area contributed by atoms with E-state index in [2.05, 4.69) is 26.1 Å². The molecule has 7 heteroatoms. The van der Waals surface area contributed by atoms with Crippen molar-refractivity contribution in [3.05, 3.63) is 28.2 Å². The molecule has 1 aromatic heterocycles. The highest BCUT2D eigenvalue weighted by atomic mass is 32.1. The summed E-state index contributed by atoms with van der Waals surface area (Å²) in [7, 11) is 0. The summed E-state index contributed by atoms with van der Waals surface area (Å²) >= 11 is 1.42. The first-order valence-electron chi connectivity index (χ1n) is 10.6. The molecule has 164 valence electrons. The van der Waals surface area contributed by atoms with Crippen LogP contribution in [-0.4, -0.2) is 24.5 Å². The van der Waals surface area contributed by atoms with Crippen molar-refractivity contribution in [1.29, 1.82) is 0 Å². The minimum Gasteiger partial charge on any atom is -0.550 e. The number of esters is 1. The number of allylic oxidation sites excluding steroid dienone is 2. The number of amides is 1. The molecule has 3 atom stereocenters. The maximum atomic E-state index is 13.0. The van der Waals surface area contributed by atoms with Crippen LogP contribution in [0, 0.1) is 23.2 Å². The predicted molar refractivity (Wildman–Crippen MR) is 114 cm³/mol. The van der Waals surface area contributed by atoms with Gasteiger partial charge in [0.25, 0.3) is 0 Å². The van der Waals surface area contributed by atoms with Gasteiger partial charge in [0.05, 0.1) is 18.1 Å². The summed E-state index contributed by atoms with van der Waals surface area (Å²) in [6, 6.07) is 0. The normalized spacial score (nSPS) is 23.5. The van der Waals surface area contributed by atoms with E-state index in [0.29, 0.717) is 22.9 Å². The number of carbonyl (C=O) groups is 3. The van der Waals surface area contributed by atoms with E-state index in [9.17, 15) is 19.5 Å². The van der Waals surface area contributed by atoms with Crippen LogP contribution in [-0.2, 0) is 27.2 Å².